The summed E-state index contributed by atoms with van der Waals surface area (Å²) in [5.41, 5.74) is 1.04. The molecule has 1 aliphatic heterocycles. The molecule has 146 valence electrons. The van der Waals surface area contributed by atoms with Gasteiger partial charge in [0.2, 0.25) is 0 Å². The fourth-order valence-corrected chi connectivity index (χ4v) is 3.92. The zero-order valence-electron chi connectivity index (χ0n) is 14.7. The minimum atomic E-state index is -4.39. The zero-order valence-corrected chi connectivity index (χ0v) is 16.3. The van der Waals surface area contributed by atoms with E-state index in [-0.39, 0.29) is 5.56 Å². The Morgan fingerprint density at radius 1 is 1.07 bits per heavy atom. The summed E-state index contributed by atoms with van der Waals surface area (Å²) in [5, 5.41) is 4.33. The number of hydrogen-bond acceptors (Lipinski definition) is 3. The van der Waals surface area contributed by atoms with Gasteiger partial charge in [0.05, 0.1) is 16.6 Å². The predicted octanol–water partition coefficient (Wildman–Crippen LogP) is 5.65. The Bertz CT molecular complexity index is 1070. The van der Waals surface area contributed by atoms with E-state index in [0.29, 0.717) is 16.8 Å². The molecule has 2 N–H and O–H groups in total. The van der Waals surface area contributed by atoms with Gasteiger partial charge in [-0.25, -0.2) is 0 Å². The Kier molecular flexibility index (Phi) is 4.82. The van der Waals surface area contributed by atoms with E-state index in [1.54, 1.807) is 6.20 Å². The molecule has 1 fully saturated rings. The van der Waals surface area contributed by atoms with Gasteiger partial charge in [0.1, 0.15) is 0 Å². The van der Waals surface area contributed by atoms with E-state index in [9.17, 15) is 18.0 Å². The predicted molar refractivity (Wildman–Crippen MR) is 108 cm³/mol. The van der Waals surface area contributed by atoms with E-state index in [1.165, 1.54) is 12.1 Å². The normalized spacial score (nSPS) is 14.6. The van der Waals surface area contributed by atoms with Crippen LogP contribution in [0.3, 0.4) is 0 Å². The second kappa shape index (κ2) is 7.16. The van der Waals surface area contributed by atoms with Gasteiger partial charge in [0.15, 0.2) is 0 Å². The molecule has 3 aromatic rings. The van der Waals surface area contributed by atoms with Crippen LogP contribution in [0.1, 0.15) is 18.4 Å². The first-order valence-corrected chi connectivity index (χ1v) is 9.66. The summed E-state index contributed by atoms with van der Waals surface area (Å²) in [6.45, 7) is 1.87. The highest BCUT2D eigenvalue weighted by Crippen LogP contribution is 2.35. The fraction of sp³-hybridized carbons (Fsp3) is 0.250. The number of anilines is 3. The molecule has 0 atom stereocenters. The lowest BCUT2D eigenvalue weighted by Crippen LogP contribution is -2.18. The van der Waals surface area contributed by atoms with E-state index in [4.69, 9.17) is 0 Å². The minimum absolute atomic E-state index is 0.263. The summed E-state index contributed by atoms with van der Waals surface area (Å²) >= 11 is 3.48. The van der Waals surface area contributed by atoms with Crippen molar-refractivity contribution >= 4 is 43.8 Å². The van der Waals surface area contributed by atoms with Crippen LogP contribution >= 0.6 is 15.9 Å². The number of halogens is 4. The first kappa shape index (κ1) is 18.9. The molecule has 1 aromatic heterocycles. The summed E-state index contributed by atoms with van der Waals surface area (Å²) in [6, 6.07) is 8.63. The van der Waals surface area contributed by atoms with Crippen LogP contribution < -0.4 is 15.8 Å². The molecule has 0 aliphatic carbocycles. The molecular weight excluding hydrogens is 435 g/mol. The molecule has 4 rings (SSSR count). The van der Waals surface area contributed by atoms with Crippen LogP contribution in [0.25, 0.3) is 10.8 Å². The van der Waals surface area contributed by atoms with Crippen LogP contribution in [0.15, 0.2) is 51.9 Å². The van der Waals surface area contributed by atoms with Gasteiger partial charge in [-0.1, -0.05) is 0 Å². The van der Waals surface area contributed by atoms with Crippen LogP contribution in [0.4, 0.5) is 30.2 Å². The van der Waals surface area contributed by atoms with Gasteiger partial charge in [-0.05, 0) is 65.2 Å². The summed E-state index contributed by atoms with van der Waals surface area (Å²) in [7, 11) is 0. The van der Waals surface area contributed by atoms with Crippen molar-refractivity contribution in [1.29, 1.82) is 0 Å². The molecule has 0 bridgehead atoms. The summed E-state index contributed by atoms with van der Waals surface area (Å²) in [4.78, 5) is 17.4. The number of H-pyrrole nitrogens is 1. The maximum Gasteiger partial charge on any atom is 0.416 e. The SMILES string of the molecule is O=c1[nH]cc(Br)c2cc(N3CCCC3)cc(Nc3ccc(C(F)(F)F)cc3)c12. The van der Waals surface area contributed by atoms with Gasteiger partial charge in [-0.15, -0.1) is 0 Å². The molecule has 1 saturated heterocycles. The quantitative estimate of drug-likeness (QED) is 0.540. The number of nitrogens with zero attached hydrogens (tertiary/aromatic N) is 1. The van der Waals surface area contributed by atoms with Crippen molar-refractivity contribution in [3.63, 3.8) is 0 Å². The molecule has 1 aliphatic rings. The van der Waals surface area contributed by atoms with Gasteiger partial charge in [0, 0.05) is 40.5 Å². The number of aromatic nitrogens is 1. The molecule has 2 heterocycles. The molecule has 8 heteroatoms. The lowest BCUT2D eigenvalue weighted by molar-refractivity contribution is -0.137. The van der Waals surface area contributed by atoms with Crippen LogP contribution in [0.2, 0.25) is 0 Å². The number of fused-ring (bicyclic) bond motifs is 1. The Morgan fingerprint density at radius 3 is 2.39 bits per heavy atom. The first-order valence-electron chi connectivity index (χ1n) is 8.87. The van der Waals surface area contributed by atoms with Crippen molar-refractivity contribution < 1.29 is 13.2 Å². The number of aromatic amines is 1. The van der Waals surface area contributed by atoms with Crippen LogP contribution in [-0.2, 0) is 6.18 Å². The highest BCUT2D eigenvalue weighted by molar-refractivity contribution is 9.10. The third kappa shape index (κ3) is 3.61. The monoisotopic (exact) mass is 451 g/mol. The third-order valence-electron chi connectivity index (χ3n) is 4.90. The number of benzene rings is 2. The Balaban J connectivity index is 1.80. The first-order chi connectivity index (χ1) is 13.3. The van der Waals surface area contributed by atoms with Crippen LogP contribution in [0, 0.1) is 0 Å². The lowest BCUT2D eigenvalue weighted by Gasteiger charge is -2.21. The van der Waals surface area contributed by atoms with Gasteiger partial charge in [0.25, 0.3) is 5.56 Å². The van der Waals surface area contributed by atoms with Crippen molar-refractivity contribution in [2.24, 2.45) is 0 Å². The van der Waals surface area contributed by atoms with Crippen LogP contribution in [0.5, 0.6) is 0 Å². The number of nitrogens with one attached hydrogen (secondary N) is 2. The third-order valence-corrected chi connectivity index (χ3v) is 5.56. The minimum Gasteiger partial charge on any atom is -0.371 e. The van der Waals surface area contributed by atoms with Crippen molar-refractivity contribution in [2.45, 2.75) is 19.0 Å². The Hall–Kier alpha value is -2.48. The molecule has 4 nitrogen and oxygen atoms in total. The second-order valence-corrected chi connectivity index (χ2v) is 7.63. The average Bonchev–Trinajstić information content (AvgIpc) is 3.19. The largest absolute Gasteiger partial charge is 0.416 e. The van der Waals surface area contributed by atoms with Gasteiger partial charge in [-0.2, -0.15) is 13.2 Å². The summed E-state index contributed by atoms with van der Waals surface area (Å²) in [5.74, 6) is 0. The zero-order chi connectivity index (χ0) is 19.9. The number of pyridine rings is 1. The molecule has 0 amide bonds. The van der Waals surface area contributed by atoms with Crippen molar-refractivity contribution in [3.05, 3.63) is 63.0 Å². The summed E-state index contributed by atoms with van der Waals surface area (Å²) in [6.07, 6.45) is -0.574. The molecule has 0 radical (unpaired) electrons. The number of hydrogen-bond donors (Lipinski definition) is 2. The molecule has 28 heavy (non-hydrogen) atoms. The second-order valence-electron chi connectivity index (χ2n) is 6.78. The molecule has 0 saturated carbocycles. The number of rotatable bonds is 3. The maximum atomic E-state index is 12.8. The summed E-state index contributed by atoms with van der Waals surface area (Å²) < 4.78 is 39.2. The van der Waals surface area contributed by atoms with Crippen LogP contribution in [-0.4, -0.2) is 18.1 Å². The standard InChI is InChI=1S/C20H17BrF3N3O/c21-16-11-25-19(28)18-15(16)9-14(27-7-1-2-8-27)10-17(18)26-13-5-3-12(4-6-13)20(22,23)24/h3-6,9-11,26H,1-2,7-8H2,(H,25,28). The lowest BCUT2D eigenvalue weighted by atomic mass is 10.1. The van der Waals surface area contributed by atoms with Crippen molar-refractivity contribution in [1.82, 2.24) is 4.98 Å². The van der Waals surface area contributed by atoms with Crippen molar-refractivity contribution in [3.8, 4) is 0 Å². The van der Waals surface area contributed by atoms with Gasteiger partial charge < -0.3 is 15.2 Å². The van der Waals surface area contributed by atoms with E-state index in [1.807, 2.05) is 12.1 Å². The highest BCUT2D eigenvalue weighted by Gasteiger charge is 2.30. The Labute approximate surface area is 167 Å². The van der Waals surface area contributed by atoms with E-state index < -0.39 is 11.7 Å². The highest BCUT2D eigenvalue weighted by atomic mass is 79.9. The van der Waals surface area contributed by atoms with Crippen molar-refractivity contribution in [2.75, 3.05) is 23.3 Å². The smallest absolute Gasteiger partial charge is 0.371 e. The molecule has 0 spiro atoms. The van der Waals surface area contributed by atoms with E-state index in [2.05, 4.69) is 31.1 Å². The molecule has 2 aromatic carbocycles. The Morgan fingerprint density at radius 2 is 1.75 bits per heavy atom. The average molecular weight is 452 g/mol. The topological polar surface area (TPSA) is 48.1 Å². The van der Waals surface area contributed by atoms with Gasteiger partial charge >= 0.3 is 6.18 Å². The molecule has 0 unspecified atom stereocenters. The van der Waals surface area contributed by atoms with E-state index in [0.717, 1.165) is 53.6 Å². The van der Waals surface area contributed by atoms with E-state index >= 15 is 0 Å². The fourth-order valence-electron chi connectivity index (χ4n) is 3.49. The maximum absolute atomic E-state index is 12.8. The molecular formula is C20H17BrF3N3O. The number of alkyl halides is 3. The van der Waals surface area contributed by atoms with Gasteiger partial charge in [-0.3, -0.25) is 4.79 Å².